The lowest BCUT2D eigenvalue weighted by Crippen LogP contribution is -2.24. The van der Waals surface area contributed by atoms with Gasteiger partial charge < -0.3 is 15.8 Å². The second-order valence-electron chi connectivity index (χ2n) is 9.70. The number of benzene rings is 3. The van der Waals surface area contributed by atoms with Crippen LogP contribution in [0.2, 0.25) is 0 Å². The van der Waals surface area contributed by atoms with Gasteiger partial charge >= 0.3 is 0 Å². The average molecular weight is 437 g/mol. The third kappa shape index (κ3) is 3.28. The molecule has 4 heteroatoms. The van der Waals surface area contributed by atoms with Gasteiger partial charge in [-0.05, 0) is 107 Å². The summed E-state index contributed by atoms with van der Waals surface area (Å²) in [6, 6.07) is 16.9. The maximum absolute atomic E-state index is 13.0. The zero-order chi connectivity index (χ0) is 22.9. The highest BCUT2D eigenvalue weighted by molar-refractivity contribution is 5.94. The third-order valence-electron chi connectivity index (χ3n) is 7.40. The van der Waals surface area contributed by atoms with Crippen LogP contribution in [0.4, 0.5) is 0 Å². The van der Waals surface area contributed by atoms with E-state index in [-0.39, 0.29) is 18.1 Å². The van der Waals surface area contributed by atoms with E-state index in [9.17, 15) is 4.79 Å². The first kappa shape index (κ1) is 20.3. The fraction of sp³-hybridized carbons (Fsp3) is 0.276. The number of amides is 1. The molecule has 3 aliphatic rings. The summed E-state index contributed by atoms with van der Waals surface area (Å²) in [5, 5.41) is 3.10. The standard InChI is InChI=1S/C29H28N2O2/c1-15-10-21(17(3)30)11-16(2)26(15)14-31-29(32)20-7-9-23-25(13-20)28-24-12-19(18-4-5-18)6-8-22(24)27(23)33-28/h6-13,18,27-28H,3-5,14,30H2,1-2H3,(H,31,32)/t27-,28+/m0/s1. The molecule has 1 saturated carbocycles. The van der Waals surface area contributed by atoms with Crippen molar-refractivity contribution in [1.29, 1.82) is 0 Å². The van der Waals surface area contributed by atoms with Gasteiger partial charge in [-0.25, -0.2) is 0 Å². The number of nitrogens with two attached hydrogens (primary N) is 1. The second kappa shape index (κ2) is 7.32. The van der Waals surface area contributed by atoms with Gasteiger partial charge in [-0.2, -0.15) is 0 Å². The number of aryl methyl sites for hydroxylation is 2. The van der Waals surface area contributed by atoms with Crippen molar-refractivity contribution < 1.29 is 9.53 Å². The van der Waals surface area contributed by atoms with Crippen LogP contribution in [0.15, 0.2) is 55.1 Å². The molecule has 3 N–H and O–H groups in total. The van der Waals surface area contributed by atoms with Crippen molar-refractivity contribution in [3.8, 4) is 0 Å². The molecule has 0 aromatic heterocycles. The van der Waals surface area contributed by atoms with Crippen LogP contribution < -0.4 is 11.1 Å². The van der Waals surface area contributed by atoms with Crippen molar-refractivity contribution >= 4 is 11.6 Å². The van der Waals surface area contributed by atoms with E-state index in [0.717, 1.165) is 33.7 Å². The predicted molar refractivity (Wildman–Crippen MR) is 130 cm³/mol. The largest absolute Gasteiger partial charge is 0.399 e. The molecular weight excluding hydrogens is 408 g/mol. The lowest BCUT2D eigenvalue weighted by Gasteiger charge is -2.18. The Morgan fingerprint density at radius 1 is 0.939 bits per heavy atom. The van der Waals surface area contributed by atoms with Crippen molar-refractivity contribution in [3.05, 3.63) is 111 Å². The summed E-state index contributed by atoms with van der Waals surface area (Å²) in [6.07, 6.45) is 2.51. The molecule has 4 nitrogen and oxygen atoms in total. The molecule has 0 unspecified atom stereocenters. The molecular formula is C29H28N2O2. The molecule has 2 bridgehead atoms. The number of fused-ring (bicyclic) bond motifs is 8. The highest BCUT2D eigenvalue weighted by Gasteiger charge is 2.43. The zero-order valence-corrected chi connectivity index (χ0v) is 19.1. The van der Waals surface area contributed by atoms with E-state index in [0.29, 0.717) is 17.8 Å². The molecule has 0 spiro atoms. The molecule has 3 aromatic rings. The Labute approximate surface area is 194 Å². The molecule has 1 aliphatic carbocycles. The van der Waals surface area contributed by atoms with Crippen LogP contribution in [0.5, 0.6) is 0 Å². The number of hydrogen-bond donors (Lipinski definition) is 2. The predicted octanol–water partition coefficient (Wildman–Crippen LogP) is 5.56. The Morgan fingerprint density at radius 3 is 2.24 bits per heavy atom. The maximum atomic E-state index is 13.0. The summed E-state index contributed by atoms with van der Waals surface area (Å²) in [7, 11) is 0. The minimum absolute atomic E-state index is 0.00789. The first-order valence-electron chi connectivity index (χ1n) is 11.7. The summed E-state index contributed by atoms with van der Waals surface area (Å²) >= 11 is 0. The quantitative estimate of drug-likeness (QED) is 0.550. The number of hydrogen-bond acceptors (Lipinski definition) is 3. The fourth-order valence-electron chi connectivity index (χ4n) is 5.40. The number of carbonyl (C=O) groups excluding carboxylic acids is 1. The summed E-state index contributed by atoms with van der Waals surface area (Å²) in [5.74, 6) is 0.647. The maximum Gasteiger partial charge on any atom is 0.251 e. The van der Waals surface area contributed by atoms with Crippen LogP contribution in [0.1, 0.15) is 91.4 Å². The minimum atomic E-state index is -0.0707. The molecule has 0 saturated heterocycles. The SMILES string of the molecule is C=C(N)c1cc(C)c(CNC(=O)c2ccc3c(c2)[C@@H]2O[C@H]3c3ccc(C4CC4)cc32)c(C)c1. The monoisotopic (exact) mass is 436 g/mol. The van der Waals surface area contributed by atoms with Crippen molar-refractivity contribution in [1.82, 2.24) is 5.32 Å². The van der Waals surface area contributed by atoms with Gasteiger partial charge in [0.15, 0.2) is 0 Å². The average Bonchev–Trinajstić information content (AvgIpc) is 3.50. The van der Waals surface area contributed by atoms with Crippen molar-refractivity contribution in [2.45, 2.75) is 51.4 Å². The normalized spacial score (nSPS) is 19.8. The van der Waals surface area contributed by atoms with Gasteiger partial charge in [0.05, 0.1) is 0 Å². The van der Waals surface area contributed by atoms with Gasteiger partial charge in [0.25, 0.3) is 5.91 Å². The van der Waals surface area contributed by atoms with Gasteiger partial charge in [0, 0.05) is 17.8 Å². The Kier molecular flexibility index (Phi) is 4.49. The van der Waals surface area contributed by atoms with Crippen LogP contribution in [0.25, 0.3) is 5.70 Å². The lowest BCUT2D eigenvalue weighted by molar-refractivity contribution is 0.0857. The number of nitrogens with one attached hydrogen (secondary N) is 1. The highest BCUT2D eigenvalue weighted by atomic mass is 16.5. The van der Waals surface area contributed by atoms with E-state index in [1.807, 2.05) is 38.1 Å². The van der Waals surface area contributed by atoms with Crippen molar-refractivity contribution in [2.24, 2.45) is 5.73 Å². The van der Waals surface area contributed by atoms with Gasteiger partial charge in [0.2, 0.25) is 0 Å². The van der Waals surface area contributed by atoms with E-state index in [1.54, 1.807) is 0 Å². The Morgan fingerprint density at radius 2 is 1.58 bits per heavy atom. The van der Waals surface area contributed by atoms with E-state index in [4.69, 9.17) is 10.5 Å². The molecule has 33 heavy (non-hydrogen) atoms. The van der Waals surface area contributed by atoms with Crippen LogP contribution >= 0.6 is 0 Å². The number of rotatable bonds is 5. The van der Waals surface area contributed by atoms with E-state index < -0.39 is 0 Å². The van der Waals surface area contributed by atoms with Crippen molar-refractivity contribution in [3.63, 3.8) is 0 Å². The van der Waals surface area contributed by atoms with E-state index in [2.05, 4.69) is 36.2 Å². The first-order valence-corrected chi connectivity index (χ1v) is 11.7. The lowest BCUT2D eigenvalue weighted by atomic mass is 9.84. The second-order valence-corrected chi connectivity index (χ2v) is 9.70. The molecule has 0 radical (unpaired) electrons. The molecule has 6 rings (SSSR count). The topological polar surface area (TPSA) is 64.3 Å². The molecule has 2 atom stereocenters. The van der Waals surface area contributed by atoms with Crippen LogP contribution in [0.3, 0.4) is 0 Å². The molecule has 2 heterocycles. The van der Waals surface area contributed by atoms with Crippen LogP contribution in [0, 0.1) is 13.8 Å². The zero-order valence-electron chi connectivity index (χ0n) is 19.1. The van der Waals surface area contributed by atoms with E-state index in [1.165, 1.54) is 35.1 Å². The molecule has 1 amide bonds. The third-order valence-corrected chi connectivity index (χ3v) is 7.40. The Bertz CT molecular complexity index is 1310. The van der Waals surface area contributed by atoms with Gasteiger partial charge in [0.1, 0.15) is 12.2 Å². The van der Waals surface area contributed by atoms with Gasteiger partial charge in [-0.1, -0.05) is 30.8 Å². The highest BCUT2D eigenvalue weighted by Crippen LogP contribution is 2.55. The minimum Gasteiger partial charge on any atom is -0.399 e. The molecule has 3 aromatic carbocycles. The smallest absolute Gasteiger partial charge is 0.251 e. The number of carbonyl (C=O) groups is 1. The summed E-state index contributed by atoms with van der Waals surface area (Å²) < 4.78 is 6.35. The van der Waals surface area contributed by atoms with Gasteiger partial charge in [-0.3, -0.25) is 4.79 Å². The Balaban J connectivity index is 1.23. The van der Waals surface area contributed by atoms with Crippen molar-refractivity contribution in [2.75, 3.05) is 0 Å². The van der Waals surface area contributed by atoms with Gasteiger partial charge in [-0.15, -0.1) is 0 Å². The fourth-order valence-corrected chi connectivity index (χ4v) is 5.40. The molecule has 1 fully saturated rings. The molecule has 2 aliphatic heterocycles. The summed E-state index contributed by atoms with van der Waals surface area (Å²) in [5.41, 5.74) is 17.6. The van der Waals surface area contributed by atoms with Crippen LogP contribution in [-0.2, 0) is 11.3 Å². The Hall–Kier alpha value is -3.37. The van der Waals surface area contributed by atoms with Crippen LogP contribution in [-0.4, -0.2) is 5.91 Å². The number of ether oxygens (including phenoxy) is 1. The summed E-state index contributed by atoms with van der Waals surface area (Å²) in [4.78, 5) is 13.0. The first-order chi connectivity index (χ1) is 15.9. The summed E-state index contributed by atoms with van der Waals surface area (Å²) in [6.45, 7) is 8.38. The van der Waals surface area contributed by atoms with E-state index >= 15 is 0 Å². The molecule has 166 valence electrons.